The van der Waals surface area contributed by atoms with E-state index < -0.39 is 21.8 Å². The van der Waals surface area contributed by atoms with Crippen LogP contribution in [-0.4, -0.2) is 31.7 Å². The van der Waals surface area contributed by atoms with Crippen molar-refractivity contribution in [3.8, 4) is 0 Å². The highest BCUT2D eigenvalue weighted by Gasteiger charge is 2.02. The Balaban J connectivity index is 0.000000249. The van der Waals surface area contributed by atoms with Gasteiger partial charge in [0.1, 0.15) is 17.7 Å². The van der Waals surface area contributed by atoms with Crippen LogP contribution < -0.4 is 0 Å². The van der Waals surface area contributed by atoms with E-state index in [0.717, 1.165) is 0 Å². The maximum Gasteiger partial charge on any atom is 0.409 e. The molecule has 1 aromatic heterocycles. The molecule has 0 bridgehead atoms. The Morgan fingerprint density at radius 3 is 1.93 bits per heavy atom. The summed E-state index contributed by atoms with van der Waals surface area (Å²) in [5.74, 6) is 0. The molecule has 0 amide bonds. The number of aromatic nitrogens is 2. The largest absolute Gasteiger partial charge is 0.749 e. The molecule has 0 aromatic carbocycles. The van der Waals surface area contributed by atoms with Gasteiger partial charge in [0, 0.05) is 12.4 Å². The second kappa shape index (κ2) is 6.50. The molecule has 8 nitrogen and oxygen atoms in total. The monoisotopic (exact) mass is 241 g/mol. The molecule has 0 saturated heterocycles. The van der Waals surface area contributed by atoms with Gasteiger partial charge in [-0.15, -0.1) is 0 Å². The van der Waals surface area contributed by atoms with Crippen molar-refractivity contribution >= 4 is 21.8 Å². The lowest BCUT2D eigenvalue weighted by Crippen LogP contribution is -2.04. The van der Waals surface area contributed by atoms with Gasteiger partial charge in [0.15, 0.2) is 0 Å². The molecule has 0 aliphatic heterocycles. The first-order valence-corrected chi connectivity index (χ1v) is 5.25. The topological polar surface area (TPSA) is 130 Å². The van der Waals surface area contributed by atoms with E-state index in [-0.39, 0.29) is 0 Å². The summed E-state index contributed by atoms with van der Waals surface area (Å²) in [6.07, 6.45) is 4.88. The van der Waals surface area contributed by atoms with E-state index in [1.165, 1.54) is 6.33 Å². The van der Waals surface area contributed by atoms with E-state index in [0.29, 0.717) is 0 Å². The number of hydrogen-bond acceptors (Lipinski definition) is 7. The molecule has 0 fully saturated rings. The molecular formula is C4H5N2O6S2-. The quantitative estimate of drug-likeness (QED) is 0.519. The van der Waals surface area contributed by atoms with Crippen LogP contribution in [0.5, 0.6) is 0 Å². The second-order valence-electron chi connectivity index (χ2n) is 1.60. The van der Waals surface area contributed by atoms with Gasteiger partial charge in [0.25, 0.3) is 0 Å². The number of nitrogens with zero attached hydrogens (tertiary/aromatic N) is 2. The molecule has 0 aliphatic rings. The van der Waals surface area contributed by atoms with Crippen molar-refractivity contribution in [2.24, 2.45) is 0 Å². The van der Waals surface area contributed by atoms with Gasteiger partial charge in [-0.25, -0.2) is 14.2 Å². The van der Waals surface area contributed by atoms with Crippen molar-refractivity contribution in [3.05, 3.63) is 24.8 Å². The Labute approximate surface area is 82.4 Å². The fraction of sp³-hybridized carbons (Fsp3) is 0. The molecule has 0 spiro atoms. The van der Waals surface area contributed by atoms with E-state index in [1.807, 2.05) is 0 Å². The first kappa shape index (κ1) is 13.1. The predicted octanol–water partition coefficient (Wildman–Crippen LogP) is -0.924. The van der Waals surface area contributed by atoms with Gasteiger partial charge in [-0.1, -0.05) is 0 Å². The molecule has 0 aliphatic carbocycles. The predicted molar refractivity (Wildman–Crippen MR) is 43.6 cm³/mol. The summed E-state index contributed by atoms with van der Waals surface area (Å²) in [7, 11) is -4.84. The van der Waals surface area contributed by atoms with Crippen LogP contribution in [0.3, 0.4) is 0 Å². The van der Waals surface area contributed by atoms with Crippen LogP contribution in [0.25, 0.3) is 0 Å². The Morgan fingerprint density at radius 2 is 1.86 bits per heavy atom. The Kier molecular flexibility index (Phi) is 6.07. The van der Waals surface area contributed by atoms with Gasteiger partial charge >= 0.3 is 10.4 Å². The third-order valence-corrected chi connectivity index (χ3v) is 1.75. The van der Waals surface area contributed by atoms with Crippen LogP contribution in [0, 0.1) is 0 Å². The molecule has 80 valence electrons. The Hall–Kier alpha value is -0.940. The smallest absolute Gasteiger partial charge is 0.409 e. The molecular weight excluding hydrogens is 236 g/mol. The summed E-state index contributed by atoms with van der Waals surface area (Å²) in [5, 5.41) is 0. The van der Waals surface area contributed by atoms with Crippen molar-refractivity contribution in [2.75, 3.05) is 0 Å². The van der Waals surface area contributed by atoms with E-state index in [1.54, 1.807) is 18.5 Å². The van der Waals surface area contributed by atoms with Crippen molar-refractivity contribution in [2.45, 2.75) is 0 Å². The van der Waals surface area contributed by atoms with Crippen molar-refractivity contribution in [1.82, 2.24) is 9.97 Å². The van der Waals surface area contributed by atoms with Crippen molar-refractivity contribution in [1.29, 1.82) is 0 Å². The van der Waals surface area contributed by atoms with Gasteiger partial charge in [-0.3, -0.25) is 4.55 Å². The minimum absolute atomic E-state index is 1.50. The lowest BCUT2D eigenvalue weighted by Gasteiger charge is -1.98. The summed E-state index contributed by atoms with van der Waals surface area (Å²) >= 11 is -3.22. The fourth-order valence-corrected chi connectivity index (χ4v) is 0.885. The van der Waals surface area contributed by atoms with Gasteiger partial charge in [-0.2, -0.15) is 12.0 Å². The molecule has 1 atom stereocenters. The highest BCUT2D eigenvalue weighted by atomic mass is 32.3. The first-order chi connectivity index (χ1) is 6.42. The third kappa shape index (κ3) is 11.1. The highest BCUT2D eigenvalue weighted by Crippen LogP contribution is 1.86. The molecule has 1 rings (SSSR count). The number of rotatable bonds is 2. The Bertz CT molecular complexity index is 338. The summed E-state index contributed by atoms with van der Waals surface area (Å²) in [6.45, 7) is 0. The molecule has 1 aromatic rings. The average Bonchev–Trinajstić information content (AvgIpc) is 2.03. The lowest BCUT2D eigenvalue weighted by atomic mass is 10.7. The average molecular weight is 241 g/mol. The molecule has 14 heavy (non-hydrogen) atoms. The van der Waals surface area contributed by atoms with Crippen LogP contribution in [0.1, 0.15) is 0 Å². The Morgan fingerprint density at radius 1 is 1.36 bits per heavy atom. The van der Waals surface area contributed by atoms with Crippen LogP contribution in [0.15, 0.2) is 24.8 Å². The van der Waals surface area contributed by atoms with E-state index in [9.17, 15) is 17.2 Å². The van der Waals surface area contributed by atoms with E-state index in [4.69, 9.17) is 4.55 Å². The minimum Gasteiger partial charge on any atom is -0.749 e. The fourth-order valence-electron chi connectivity index (χ4n) is 0.324. The second-order valence-corrected chi connectivity index (χ2v) is 3.41. The van der Waals surface area contributed by atoms with Crippen LogP contribution in [0.4, 0.5) is 0 Å². The number of hydrogen-bond donors (Lipinski definition) is 1. The molecule has 1 N–H and O–H groups in total. The zero-order chi connectivity index (χ0) is 11.0. The van der Waals surface area contributed by atoms with Gasteiger partial charge in [0.2, 0.25) is 0 Å². The van der Waals surface area contributed by atoms with Crippen LogP contribution in [-0.2, 0) is 25.4 Å². The van der Waals surface area contributed by atoms with E-state index in [2.05, 4.69) is 13.6 Å². The maximum absolute atomic E-state index is 9.38. The van der Waals surface area contributed by atoms with Crippen molar-refractivity contribution < 1.29 is 25.4 Å². The molecule has 10 heteroatoms. The van der Waals surface area contributed by atoms with Crippen LogP contribution in [0.2, 0.25) is 0 Å². The summed E-state index contributed by atoms with van der Waals surface area (Å²) in [4.78, 5) is 7.35. The van der Waals surface area contributed by atoms with Crippen LogP contribution >= 0.6 is 0 Å². The van der Waals surface area contributed by atoms with E-state index >= 15 is 0 Å². The molecule has 0 radical (unpaired) electrons. The zero-order valence-corrected chi connectivity index (χ0v) is 8.14. The highest BCUT2D eigenvalue weighted by molar-refractivity contribution is 7.91. The van der Waals surface area contributed by atoms with Gasteiger partial charge in [-0.05, 0) is 6.07 Å². The SMILES string of the molecule is O=S([O-])OS(=O)(=O)O.c1cncnc1. The molecule has 1 heterocycles. The standard InChI is InChI=1S/C4H4N2.H2O6S2/c1-2-5-4-6-3-1;1-7(2)6-8(3,4)5/h1-4H;(H,1,2)(H,3,4,5)/p-1. The molecule has 0 saturated carbocycles. The summed E-state index contributed by atoms with van der Waals surface area (Å²) in [6, 6.07) is 1.78. The zero-order valence-electron chi connectivity index (χ0n) is 6.51. The third-order valence-electron chi connectivity index (χ3n) is 0.619. The van der Waals surface area contributed by atoms with Crippen molar-refractivity contribution in [3.63, 3.8) is 0 Å². The van der Waals surface area contributed by atoms with Gasteiger partial charge in [0.05, 0.1) is 0 Å². The maximum atomic E-state index is 9.38. The molecule has 1 unspecified atom stereocenters. The lowest BCUT2D eigenvalue weighted by molar-refractivity contribution is 0.370. The summed E-state index contributed by atoms with van der Waals surface area (Å²) < 4.78 is 47.7. The van der Waals surface area contributed by atoms with Gasteiger partial charge < -0.3 is 4.55 Å². The minimum atomic E-state index is -4.84. The summed E-state index contributed by atoms with van der Waals surface area (Å²) in [5.41, 5.74) is 0. The first-order valence-electron chi connectivity index (χ1n) is 2.88. The normalized spacial score (nSPS) is 12.4.